The maximum atomic E-state index is 12.3. The summed E-state index contributed by atoms with van der Waals surface area (Å²) in [7, 11) is -4.36. The molecule has 1 saturated heterocycles. The Morgan fingerprint density at radius 3 is 2.35 bits per heavy atom. The van der Waals surface area contributed by atoms with Crippen molar-refractivity contribution in [2.24, 2.45) is 0 Å². The van der Waals surface area contributed by atoms with Gasteiger partial charge in [0.1, 0.15) is 0 Å². The van der Waals surface area contributed by atoms with E-state index in [0.29, 0.717) is 16.9 Å². The average Bonchev–Trinajstić information content (AvgIpc) is 2.44. The number of rotatable bonds is 4. The van der Waals surface area contributed by atoms with Gasteiger partial charge in [-0.3, -0.25) is 0 Å². The lowest BCUT2D eigenvalue weighted by Crippen LogP contribution is -2.50. The molecule has 3 N–H and O–H groups in total. The number of nitrogens with two attached hydrogens (primary N) is 1. The zero-order valence-electron chi connectivity index (χ0n) is 12.2. The maximum Gasteiger partial charge on any atom is 0.404 e. The Balaban J connectivity index is 2.10. The summed E-state index contributed by atoms with van der Waals surface area (Å²) in [5.74, 6) is -1.84. The third-order valence-corrected chi connectivity index (χ3v) is 5.42. The summed E-state index contributed by atoms with van der Waals surface area (Å²) in [6.45, 7) is 0.401. The van der Waals surface area contributed by atoms with Gasteiger partial charge in [-0.25, -0.2) is 8.42 Å². The summed E-state index contributed by atoms with van der Waals surface area (Å²) in [4.78, 5) is 1.82. The number of nitrogen functional groups attached to an aromatic ring is 1. The zero-order valence-corrected chi connectivity index (χ0v) is 13.0. The van der Waals surface area contributed by atoms with Crippen molar-refractivity contribution in [3.63, 3.8) is 0 Å². The fraction of sp³-hybridized carbons (Fsp3) is 0.462. The lowest BCUT2D eigenvalue weighted by Gasteiger charge is -2.36. The van der Waals surface area contributed by atoms with Crippen LogP contribution in [0.3, 0.4) is 0 Å². The minimum absolute atomic E-state index is 0.0371. The molecule has 0 amide bonds. The monoisotopic (exact) mass is 350 g/mol. The van der Waals surface area contributed by atoms with Crippen molar-refractivity contribution in [1.82, 2.24) is 4.31 Å². The standard InChI is InChI=1S/C13H17F3N4O2S/c14-13(15,16)9-23(21,22)20-6-4-19(5-7-20)12-3-1-2-11(18)10(12)8-17/h1-3,8,17H,4-7,9,18H2. The Labute approximate surface area is 132 Å². The fourth-order valence-corrected chi connectivity index (χ4v) is 3.82. The van der Waals surface area contributed by atoms with Crippen LogP contribution in [0.5, 0.6) is 0 Å². The van der Waals surface area contributed by atoms with E-state index in [0.717, 1.165) is 10.5 Å². The number of halogens is 3. The first-order valence-corrected chi connectivity index (χ1v) is 8.43. The van der Waals surface area contributed by atoms with E-state index < -0.39 is 22.0 Å². The van der Waals surface area contributed by atoms with Crippen LogP contribution in [-0.2, 0) is 10.0 Å². The second-order valence-electron chi connectivity index (χ2n) is 5.18. The molecule has 0 aliphatic carbocycles. The first kappa shape index (κ1) is 17.5. The Hall–Kier alpha value is -1.81. The molecule has 1 heterocycles. The molecular formula is C13H17F3N4O2S. The molecule has 0 bridgehead atoms. The van der Waals surface area contributed by atoms with Gasteiger partial charge in [-0.15, -0.1) is 0 Å². The molecule has 0 atom stereocenters. The smallest absolute Gasteiger partial charge is 0.398 e. The summed E-state index contributed by atoms with van der Waals surface area (Å²) < 4.78 is 61.4. The van der Waals surface area contributed by atoms with E-state index in [1.807, 2.05) is 4.90 Å². The van der Waals surface area contributed by atoms with Crippen LogP contribution >= 0.6 is 0 Å². The maximum absolute atomic E-state index is 12.3. The van der Waals surface area contributed by atoms with Crippen molar-refractivity contribution in [3.05, 3.63) is 23.8 Å². The van der Waals surface area contributed by atoms with Gasteiger partial charge in [0.05, 0.1) is 0 Å². The molecule has 0 aromatic heterocycles. The van der Waals surface area contributed by atoms with E-state index in [2.05, 4.69) is 0 Å². The number of alkyl halides is 3. The van der Waals surface area contributed by atoms with Crippen LogP contribution in [0.2, 0.25) is 0 Å². The van der Waals surface area contributed by atoms with Crippen LogP contribution in [0.4, 0.5) is 24.5 Å². The predicted molar refractivity (Wildman–Crippen MR) is 82.4 cm³/mol. The lowest BCUT2D eigenvalue weighted by molar-refractivity contribution is -0.107. The van der Waals surface area contributed by atoms with Gasteiger partial charge in [0.2, 0.25) is 10.0 Å². The van der Waals surface area contributed by atoms with E-state index in [4.69, 9.17) is 11.1 Å². The highest BCUT2D eigenvalue weighted by Crippen LogP contribution is 2.26. The number of anilines is 2. The summed E-state index contributed by atoms with van der Waals surface area (Å²) in [5, 5.41) is 7.42. The highest BCUT2D eigenvalue weighted by atomic mass is 32.2. The van der Waals surface area contributed by atoms with Crippen molar-refractivity contribution in [2.45, 2.75) is 6.18 Å². The van der Waals surface area contributed by atoms with E-state index in [9.17, 15) is 21.6 Å². The van der Waals surface area contributed by atoms with Gasteiger partial charge in [0.15, 0.2) is 5.75 Å². The van der Waals surface area contributed by atoms with Gasteiger partial charge in [-0.05, 0) is 12.1 Å². The van der Waals surface area contributed by atoms with E-state index in [1.165, 1.54) is 0 Å². The summed E-state index contributed by atoms with van der Waals surface area (Å²) in [6.07, 6.45) is -3.64. The molecule has 10 heteroatoms. The summed E-state index contributed by atoms with van der Waals surface area (Å²) in [5.41, 5.74) is 7.40. The number of hydrogen-bond acceptors (Lipinski definition) is 5. The summed E-state index contributed by atoms with van der Waals surface area (Å²) in [6, 6.07) is 5.11. The van der Waals surface area contributed by atoms with Gasteiger partial charge < -0.3 is 16.0 Å². The molecule has 1 aromatic carbocycles. The van der Waals surface area contributed by atoms with Crippen molar-refractivity contribution in [1.29, 1.82) is 5.41 Å². The second kappa shape index (κ2) is 6.36. The van der Waals surface area contributed by atoms with E-state index in [1.54, 1.807) is 18.2 Å². The van der Waals surface area contributed by atoms with Gasteiger partial charge in [0.25, 0.3) is 0 Å². The first-order chi connectivity index (χ1) is 10.6. The Morgan fingerprint density at radius 1 is 1.22 bits per heavy atom. The molecule has 1 aliphatic rings. The van der Waals surface area contributed by atoms with Crippen LogP contribution in [-0.4, -0.2) is 57.0 Å². The normalized spacial score (nSPS) is 17.3. The molecule has 1 aromatic rings. The number of nitrogens with one attached hydrogen (secondary N) is 1. The number of sulfonamides is 1. The van der Waals surface area contributed by atoms with Gasteiger partial charge in [-0.1, -0.05) is 6.07 Å². The van der Waals surface area contributed by atoms with Crippen molar-refractivity contribution in [3.8, 4) is 0 Å². The quantitative estimate of drug-likeness (QED) is 0.632. The van der Waals surface area contributed by atoms with Crippen LogP contribution in [0.1, 0.15) is 5.56 Å². The number of benzene rings is 1. The molecule has 0 saturated carbocycles. The third-order valence-electron chi connectivity index (χ3n) is 3.58. The molecule has 128 valence electrons. The van der Waals surface area contributed by atoms with Gasteiger partial charge >= 0.3 is 6.18 Å². The third kappa shape index (κ3) is 4.14. The fourth-order valence-electron chi connectivity index (χ4n) is 2.51. The SMILES string of the molecule is N=Cc1c(N)cccc1N1CCN(S(=O)(=O)CC(F)(F)F)CC1. The number of hydrogen-bond donors (Lipinski definition) is 2. The average molecular weight is 350 g/mol. The zero-order chi connectivity index (χ0) is 17.3. The van der Waals surface area contributed by atoms with Crippen LogP contribution < -0.4 is 10.6 Å². The molecule has 1 fully saturated rings. The lowest BCUT2D eigenvalue weighted by atomic mass is 10.1. The van der Waals surface area contributed by atoms with Crippen LogP contribution in [0, 0.1) is 5.41 Å². The predicted octanol–water partition coefficient (Wildman–Crippen LogP) is 1.28. The molecule has 23 heavy (non-hydrogen) atoms. The molecule has 2 rings (SSSR count). The van der Waals surface area contributed by atoms with Crippen molar-refractivity contribution >= 4 is 27.6 Å². The molecule has 0 spiro atoms. The van der Waals surface area contributed by atoms with Gasteiger partial charge in [0, 0.05) is 49.3 Å². The molecular weight excluding hydrogens is 333 g/mol. The molecule has 0 radical (unpaired) electrons. The largest absolute Gasteiger partial charge is 0.404 e. The minimum Gasteiger partial charge on any atom is -0.398 e. The minimum atomic E-state index is -4.75. The summed E-state index contributed by atoms with van der Waals surface area (Å²) >= 11 is 0. The highest BCUT2D eigenvalue weighted by Gasteiger charge is 2.39. The van der Waals surface area contributed by atoms with Crippen molar-refractivity contribution < 1.29 is 21.6 Å². The number of piperazine rings is 1. The highest BCUT2D eigenvalue weighted by molar-refractivity contribution is 7.89. The van der Waals surface area contributed by atoms with E-state index in [-0.39, 0.29) is 26.2 Å². The molecule has 6 nitrogen and oxygen atoms in total. The Bertz CT molecular complexity index is 683. The Kier molecular flexibility index (Phi) is 4.85. The molecule has 0 unspecified atom stereocenters. The second-order valence-corrected chi connectivity index (χ2v) is 7.15. The Morgan fingerprint density at radius 2 is 1.83 bits per heavy atom. The van der Waals surface area contributed by atoms with Crippen LogP contribution in [0.15, 0.2) is 18.2 Å². The first-order valence-electron chi connectivity index (χ1n) is 6.82. The van der Waals surface area contributed by atoms with Crippen LogP contribution in [0.25, 0.3) is 0 Å². The topological polar surface area (TPSA) is 90.5 Å². The molecule has 1 aliphatic heterocycles. The number of nitrogens with zero attached hydrogens (tertiary/aromatic N) is 2. The van der Waals surface area contributed by atoms with Gasteiger partial charge in [-0.2, -0.15) is 17.5 Å². The van der Waals surface area contributed by atoms with E-state index >= 15 is 0 Å². The van der Waals surface area contributed by atoms with Crippen molar-refractivity contribution in [2.75, 3.05) is 42.6 Å².